The van der Waals surface area contributed by atoms with Crippen LogP contribution in [0.5, 0.6) is 0 Å². The minimum absolute atomic E-state index is 0.258. The van der Waals surface area contributed by atoms with Crippen molar-refractivity contribution in [3.05, 3.63) is 33.8 Å². The molecule has 0 spiro atoms. The van der Waals surface area contributed by atoms with Gasteiger partial charge in [0.1, 0.15) is 17.2 Å². The standard InChI is InChI=1S/C12H14BrF2NO2/c1-18-5-3-2-4-16-12(17)11-9(14)6-8(13)7-10(11)15/h6-7H,2-5H2,1H3,(H,16,17). The molecule has 100 valence electrons. The first-order valence-corrected chi connectivity index (χ1v) is 6.27. The zero-order valence-corrected chi connectivity index (χ0v) is 11.5. The Morgan fingerprint density at radius 1 is 1.33 bits per heavy atom. The monoisotopic (exact) mass is 321 g/mol. The van der Waals surface area contributed by atoms with Crippen LogP contribution in [-0.2, 0) is 4.74 Å². The van der Waals surface area contributed by atoms with Crippen LogP contribution in [0.1, 0.15) is 23.2 Å². The van der Waals surface area contributed by atoms with Gasteiger partial charge in [-0.25, -0.2) is 8.78 Å². The highest BCUT2D eigenvalue weighted by Crippen LogP contribution is 2.19. The number of ether oxygens (including phenoxy) is 1. The molecule has 18 heavy (non-hydrogen) atoms. The van der Waals surface area contributed by atoms with Crippen LogP contribution < -0.4 is 5.32 Å². The van der Waals surface area contributed by atoms with E-state index in [1.165, 1.54) is 0 Å². The highest BCUT2D eigenvalue weighted by atomic mass is 79.9. The second kappa shape index (κ2) is 7.43. The summed E-state index contributed by atoms with van der Waals surface area (Å²) in [5.41, 5.74) is -0.551. The fourth-order valence-electron chi connectivity index (χ4n) is 1.42. The Labute approximate surface area is 113 Å². The Morgan fingerprint density at radius 2 is 1.94 bits per heavy atom. The topological polar surface area (TPSA) is 38.3 Å². The largest absolute Gasteiger partial charge is 0.385 e. The lowest BCUT2D eigenvalue weighted by Gasteiger charge is -2.07. The number of methoxy groups -OCH3 is 1. The number of nitrogens with one attached hydrogen (secondary N) is 1. The molecule has 6 heteroatoms. The molecule has 0 aliphatic carbocycles. The average Bonchev–Trinajstić information content (AvgIpc) is 2.27. The van der Waals surface area contributed by atoms with Gasteiger partial charge in [0.15, 0.2) is 0 Å². The summed E-state index contributed by atoms with van der Waals surface area (Å²) in [6.45, 7) is 0.952. The van der Waals surface area contributed by atoms with Gasteiger partial charge in [-0.1, -0.05) is 15.9 Å². The van der Waals surface area contributed by atoms with E-state index in [4.69, 9.17) is 4.74 Å². The molecule has 0 saturated heterocycles. The summed E-state index contributed by atoms with van der Waals surface area (Å²) in [6, 6.07) is 2.12. The van der Waals surface area contributed by atoms with E-state index < -0.39 is 23.1 Å². The summed E-state index contributed by atoms with van der Waals surface area (Å²) in [4.78, 5) is 11.6. The van der Waals surface area contributed by atoms with E-state index in [1.54, 1.807) is 7.11 Å². The summed E-state index contributed by atoms with van der Waals surface area (Å²) in [7, 11) is 1.59. The zero-order chi connectivity index (χ0) is 13.5. The summed E-state index contributed by atoms with van der Waals surface area (Å²) in [5.74, 6) is -2.50. The summed E-state index contributed by atoms with van der Waals surface area (Å²) >= 11 is 2.95. The molecule has 0 bridgehead atoms. The lowest BCUT2D eigenvalue weighted by atomic mass is 10.2. The van der Waals surface area contributed by atoms with Gasteiger partial charge in [-0.15, -0.1) is 0 Å². The maximum atomic E-state index is 13.4. The lowest BCUT2D eigenvalue weighted by Crippen LogP contribution is -2.26. The van der Waals surface area contributed by atoms with Crippen LogP contribution in [0.3, 0.4) is 0 Å². The second-order valence-electron chi connectivity index (χ2n) is 3.70. The molecule has 0 aliphatic heterocycles. The highest BCUT2D eigenvalue weighted by molar-refractivity contribution is 9.10. The molecular formula is C12H14BrF2NO2. The Morgan fingerprint density at radius 3 is 2.50 bits per heavy atom. The van der Waals surface area contributed by atoms with Crippen LogP contribution in [-0.4, -0.2) is 26.2 Å². The van der Waals surface area contributed by atoms with Crippen molar-refractivity contribution in [3.63, 3.8) is 0 Å². The van der Waals surface area contributed by atoms with Crippen molar-refractivity contribution in [2.75, 3.05) is 20.3 Å². The first-order chi connectivity index (χ1) is 8.56. The van der Waals surface area contributed by atoms with Crippen molar-refractivity contribution in [2.24, 2.45) is 0 Å². The maximum Gasteiger partial charge on any atom is 0.257 e. The van der Waals surface area contributed by atoms with Crippen LogP contribution in [0.15, 0.2) is 16.6 Å². The number of halogens is 3. The van der Waals surface area contributed by atoms with Crippen molar-refractivity contribution in [1.29, 1.82) is 0 Å². The fraction of sp³-hybridized carbons (Fsp3) is 0.417. The molecule has 1 amide bonds. The Hall–Kier alpha value is -1.01. The first kappa shape index (κ1) is 15.0. The number of carbonyl (C=O) groups excluding carboxylic acids is 1. The SMILES string of the molecule is COCCCCNC(=O)c1c(F)cc(Br)cc1F. The van der Waals surface area contributed by atoms with Crippen molar-refractivity contribution >= 4 is 21.8 Å². The Bertz CT molecular complexity index is 404. The molecule has 0 atom stereocenters. The van der Waals surface area contributed by atoms with E-state index >= 15 is 0 Å². The second-order valence-corrected chi connectivity index (χ2v) is 4.62. The molecule has 1 aromatic rings. The van der Waals surface area contributed by atoms with Gasteiger partial charge in [0, 0.05) is 24.7 Å². The molecule has 0 radical (unpaired) electrons. The van der Waals surface area contributed by atoms with Gasteiger partial charge in [0.25, 0.3) is 5.91 Å². The lowest BCUT2D eigenvalue weighted by molar-refractivity contribution is 0.0943. The number of hydrogen-bond donors (Lipinski definition) is 1. The van der Waals surface area contributed by atoms with Crippen molar-refractivity contribution in [1.82, 2.24) is 5.32 Å². The van der Waals surface area contributed by atoms with E-state index in [-0.39, 0.29) is 4.47 Å². The quantitative estimate of drug-likeness (QED) is 0.818. The molecule has 1 rings (SSSR count). The Kier molecular flexibility index (Phi) is 6.21. The molecule has 1 aromatic carbocycles. The van der Waals surface area contributed by atoms with Crippen molar-refractivity contribution in [3.8, 4) is 0 Å². The predicted molar refractivity (Wildman–Crippen MR) is 67.5 cm³/mol. The number of hydrogen-bond acceptors (Lipinski definition) is 2. The molecule has 1 N–H and O–H groups in total. The summed E-state index contributed by atoms with van der Waals surface area (Å²) in [5, 5.41) is 2.47. The highest BCUT2D eigenvalue weighted by Gasteiger charge is 2.17. The van der Waals surface area contributed by atoms with E-state index in [1.807, 2.05) is 0 Å². The van der Waals surface area contributed by atoms with Gasteiger partial charge >= 0.3 is 0 Å². The average molecular weight is 322 g/mol. The summed E-state index contributed by atoms with van der Waals surface area (Å²) in [6.07, 6.45) is 1.47. The van der Waals surface area contributed by atoms with Gasteiger partial charge < -0.3 is 10.1 Å². The molecular weight excluding hydrogens is 308 g/mol. The number of rotatable bonds is 6. The van der Waals surface area contributed by atoms with E-state index in [9.17, 15) is 13.6 Å². The Balaban J connectivity index is 2.57. The van der Waals surface area contributed by atoms with E-state index in [0.717, 1.165) is 18.6 Å². The molecule has 0 saturated carbocycles. The van der Waals surface area contributed by atoms with Crippen LogP contribution in [0.25, 0.3) is 0 Å². The van der Waals surface area contributed by atoms with Gasteiger partial charge in [-0.05, 0) is 25.0 Å². The maximum absolute atomic E-state index is 13.4. The molecule has 0 fully saturated rings. The smallest absolute Gasteiger partial charge is 0.257 e. The minimum atomic E-state index is -0.878. The van der Waals surface area contributed by atoms with Crippen molar-refractivity contribution in [2.45, 2.75) is 12.8 Å². The molecule has 0 aromatic heterocycles. The van der Waals surface area contributed by atoms with Gasteiger partial charge in [-0.3, -0.25) is 4.79 Å². The fourth-order valence-corrected chi connectivity index (χ4v) is 1.82. The van der Waals surface area contributed by atoms with Crippen molar-refractivity contribution < 1.29 is 18.3 Å². The van der Waals surface area contributed by atoms with Gasteiger partial charge in [0.2, 0.25) is 0 Å². The van der Waals surface area contributed by atoms with E-state index in [0.29, 0.717) is 19.6 Å². The predicted octanol–water partition coefficient (Wildman–Crippen LogP) is 2.88. The minimum Gasteiger partial charge on any atom is -0.385 e. The van der Waals surface area contributed by atoms with Gasteiger partial charge in [0.05, 0.1) is 0 Å². The van der Waals surface area contributed by atoms with Crippen LogP contribution in [0.2, 0.25) is 0 Å². The van der Waals surface area contributed by atoms with Crippen LogP contribution >= 0.6 is 15.9 Å². The molecule has 3 nitrogen and oxygen atoms in total. The summed E-state index contributed by atoms with van der Waals surface area (Å²) < 4.78 is 32.0. The number of benzene rings is 1. The number of amides is 1. The third-order valence-corrected chi connectivity index (χ3v) is 2.75. The van der Waals surface area contributed by atoms with Gasteiger partial charge in [-0.2, -0.15) is 0 Å². The third kappa shape index (κ3) is 4.34. The molecule has 0 aliphatic rings. The first-order valence-electron chi connectivity index (χ1n) is 5.48. The van der Waals surface area contributed by atoms with E-state index in [2.05, 4.69) is 21.2 Å². The molecule has 0 heterocycles. The van der Waals surface area contributed by atoms with Crippen LogP contribution in [0.4, 0.5) is 8.78 Å². The number of unbranched alkanes of at least 4 members (excludes halogenated alkanes) is 1. The third-order valence-electron chi connectivity index (χ3n) is 2.29. The van der Waals surface area contributed by atoms with Crippen LogP contribution in [0, 0.1) is 11.6 Å². The zero-order valence-electron chi connectivity index (χ0n) is 9.93. The normalized spacial score (nSPS) is 10.4. The molecule has 0 unspecified atom stereocenters. The number of carbonyl (C=O) groups is 1.